The number of urea groups is 1. The quantitative estimate of drug-likeness (QED) is 0.899. The Labute approximate surface area is 149 Å². The van der Waals surface area contributed by atoms with E-state index in [1.165, 1.54) is 16.8 Å². The standard InChI is InChI=1S/C20H26N4O/c1-23-12-13-24(15-18-4-2-3-5-19(18)23)20(25)22-14-17-8-6-16(7-9-17)10-11-21/h2-9H,10-15,21H2,1H3,(H,22,25). The molecule has 3 N–H and O–H groups in total. The number of anilines is 1. The zero-order valence-electron chi connectivity index (χ0n) is 14.7. The molecule has 1 aliphatic heterocycles. The van der Waals surface area contributed by atoms with E-state index in [0.29, 0.717) is 26.2 Å². The average molecular weight is 338 g/mol. The number of para-hydroxylation sites is 1. The molecule has 1 heterocycles. The van der Waals surface area contributed by atoms with Crippen molar-refractivity contribution in [2.75, 3.05) is 31.6 Å². The molecular weight excluding hydrogens is 312 g/mol. The lowest BCUT2D eigenvalue weighted by Crippen LogP contribution is -2.41. The van der Waals surface area contributed by atoms with E-state index >= 15 is 0 Å². The largest absolute Gasteiger partial charge is 0.373 e. The molecule has 0 unspecified atom stereocenters. The van der Waals surface area contributed by atoms with E-state index in [-0.39, 0.29) is 6.03 Å². The number of carbonyl (C=O) groups excluding carboxylic acids is 1. The Kier molecular flexibility index (Phi) is 5.56. The highest BCUT2D eigenvalue weighted by molar-refractivity contribution is 5.75. The third-order valence-corrected chi connectivity index (χ3v) is 4.66. The van der Waals surface area contributed by atoms with Gasteiger partial charge in [0.15, 0.2) is 0 Å². The van der Waals surface area contributed by atoms with Crippen LogP contribution < -0.4 is 16.0 Å². The Morgan fingerprint density at radius 1 is 1.08 bits per heavy atom. The van der Waals surface area contributed by atoms with Crippen LogP contribution in [-0.2, 0) is 19.5 Å². The second-order valence-electron chi connectivity index (χ2n) is 6.49. The summed E-state index contributed by atoms with van der Waals surface area (Å²) in [5.41, 5.74) is 10.3. The van der Waals surface area contributed by atoms with Crippen LogP contribution in [-0.4, -0.2) is 37.6 Å². The second-order valence-corrected chi connectivity index (χ2v) is 6.49. The summed E-state index contributed by atoms with van der Waals surface area (Å²) in [5, 5.41) is 3.04. The molecule has 5 heteroatoms. The minimum Gasteiger partial charge on any atom is -0.373 e. The molecule has 0 radical (unpaired) electrons. The van der Waals surface area contributed by atoms with Gasteiger partial charge in [0, 0.05) is 38.9 Å². The van der Waals surface area contributed by atoms with Gasteiger partial charge in [-0.25, -0.2) is 4.79 Å². The first kappa shape index (κ1) is 17.3. The number of carbonyl (C=O) groups is 1. The number of nitrogens with two attached hydrogens (primary N) is 1. The van der Waals surface area contributed by atoms with E-state index in [9.17, 15) is 4.79 Å². The summed E-state index contributed by atoms with van der Waals surface area (Å²) in [6, 6.07) is 16.5. The number of hydrogen-bond acceptors (Lipinski definition) is 3. The molecule has 2 amide bonds. The normalized spacial score (nSPS) is 14.0. The monoisotopic (exact) mass is 338 g/mol. The molecule has 3 rings (SSSR count). The number of rotatable bonds is 4. The molecule has 2 aromatic rings. The van der Waals surface area contributed by atoms with Crippen molar-refractivity contribution in [1.29, 1.82) is 0 Å². The van der Waals surface area contributed by atoms with Gasteiger partial charge in [0.1, 0.15) is 0 Å². The minimum atomic E-state index is -0.0175. The van der Waals surface area contributed by atoms with Crippen LogP contribution in [0.1, 0.15) is 16.7 Å². The van der Waals surface area contributed by atoms with Gasteiger partial charge >= 0.3 is 6.03 Å². The molecule has 0 spiro atoms. The smallest absolute Gasteiger partial charge is 0.318 e. The lowest BCUT2D eigenvalue weighted by atomic mass is 10.1. The highest BCUT2D eigenvalue weighted by Crippen LogP contribution is 2.23. The van der Waals surface area contributed by atoms with Gasteiger partial charge in [-0.2, -0.15) is 0 Å². The number of nitrogens with zero attached hydrogens (tertiary/aromatic N) is 2. The fraction of sp³-hybridized carbons (Fsp3) is 0.350. The Morgan fingerprint density at radius 2 is 1.80 bits per heavy atom. The summed E-state index contributed by atoms with van der Waals surface area (Å²) in [7, 11) is 2.07. The van der Waals surface area contributed by atoms with Crippen LogP contribution in [0.5, 0.6) is 0 Å². The maximum atomic E-state index is 12.6. The number of fused-ring (bicyclic) bond motifs is 1. The molecule has 0 fully saturated rings. The summed E-state index contributed by atoms with van der Waals surface area (Å²) in [5.74, 6) is 0. The van der Waals surface area contributed by atoms with E-state index in [2.05, 4.69) is 53.7 Å². The van der Waals surface area contributed by atoms with Crippen LogP contribution in [0.2, 0.25) is 0 Å². The molecule has 5 nitrogen and oxygen atoms in total. The molecule has 0 saturated carbocycles. The summed E-state index contributed by atoms with van der Waals surface area (Å²) < 4.78 is 0. The number of amides is 2. The molecule has 1 aliphatic rings. The van der Waals surface area contributed by atoms with Crippen molar-refractivity contribution in [1.82, 2.24) is 10.2 Å². The number of nitrogens with one attached hydrogen (secondary N) is 1. The summed E-state index contributed by atoms with van der Waals surface area (Å²) in [4.78, 5) is 16.7. The van der Waals surface area contributed by atoms with Crippen molar-refractivity contribution in [2.24, 2.45) is 5.73 Å². The first-order chi connectivity index (χ1) is 12.2. The Balaban J connectivity index is 1.60. The Bertz CT molecular complexity index is 714. The fourth-order valence-corrected chi connectivity index (χ4v) is 3.15. The van der Waals surface area contributed by atoms with Gasteiger partial charge < -0.3 is 20.9 Å². The van der Waals surface area contributed by atoms with Crippen molar-refractivity contribution < 1.29 is 4.79 Å². The highest BCUT2D eigenvalue weighted by atomic mass is 16.2. The topological polar surface area (TPSA) is 61.6 Å². The second kappa shape index (κ2) is 8.03. The molecule has 132 valence electrons. The first-order valence-corrected chi connectivity index (χ1v) is 8.77. The van der Waals surface area contributed by atoms with Gasteiger partial charge in [-0.15, -0.1) is 0 Å². The van der Waals surface area contributed by atoms with Gasteiger partial charge in [-0.05, 0) is 35.7 Å². The minimum absolute atomic E-state index is 0.0175. The average Bonchev–Trinajstić information content (AvgIpc) is 2.81. The molecule has 0 atom stereocenters. The molecule has 0 bridgehead atoms. The zero-order chi connectivity index (χ0) is 17.6. The maximum Gasteiger partial charge on any atom is 0.318 e. The summed E-state index contributed by atoms with van der Waals surface area (Å²) in [6.45, 7) is 3.38. The van der Waals surface area contributed by atoms with Crippen LogP contribution in [0.4, 0.5) is 10.5 Å². The van der Waals surface area contributed by atoms with E-state index in [1.807, 2.05) is 17.0 Å². The van der Waals surface area contributed by atoms with Crippen LogP contribution in [0.15, 0.2) is 48.5 Å². The molecular formula is C20H26N4O. The van der Waals surface area contributed by atoms with Gasteiger partial charge in [0.25, 0.3) is 0 Å². The maximum absolute atomic E-state index is 12.6. The number of benzene rings is 2. The lowest BCUT2D eigenvalue weighted by molar-refractivity contribution is 0.197. The Hall–Kier alpha value is -2.53. The summed E-state index contributed by atoms with van der Waals surface area (Å²) >= 11 is 0. The lowest BCUT2D eigenvalue weighted by Gasteiger charge is -2.21. The molecule has 0 aromatic heterocycles. The van der Waals surface area contributed by atoms with Crippen molar-refractivity contribution in [3.8, 4) is 0 Å². The van der Waals surface area contributed by atoms with Crippen LogP contribution >= 0.6 is 0 Å². The van der Waals surface area contributed by atoms with Gasteiger partial charge in [-0.1, -0.05) is 42.5 Å². The van der Waals surface area contributed by atoms with Gasteiger partial charge in [-0.3, -0.25) is 0 Å². The number of likely N-dealkylation sites (N-methyl/N-ethyl adjacent to an activating group) is 1. The Morgan fingerprint density at radius 3 is 2.56 bits per heavy atom. The SMILES string of the molecule is CN1CCN(C(=O)NCc2ccc(CCN)cc2)Cc2ccccc21. The molecule has 0 saturated heterocycles. The molecule has 2 aromatic carbocycles. The fourth-order valence-electron chi connectivity index (χ4n) is 3.15. The van der Waals surface area contributed by atoms with Crippen molar-refractivity contribution in [3.63, 3.8) is 0 Å². The molecule has 25 heavy (non-hydrogen) atoms. The van der Waals surface area contributed by atoms with Gasteiger partial charge in [0.05, 0.1) is 0 Å². The van der Waals surface area contributed by atoms with E-state index in [0.717, 1.165) is 18.5 Å². The third kappa shape index (κ3) is 4.31. The van der Waals surface area contributed by atoms with Crippen molar-refractivity contribution >= 4 is 11.7 Å². The zero-order valence-corrected chi connectivity index (χ0v) is 14.7. The predicted molar refractivity (Wildman–Crippen MR) is 102 cm³/mol. The van der Waals surface area contributed by atoms with Crippen LogP contribution in [0.25, 0.3) is 0 Å². The summed E-state index contributed by atoms with van der Waals surface area (Å²) in [6.07, 6.45) is 0.882. The number of hydrogen-bond donors (Lipinski definition) is 2. The predicted octanol–water partition coefficient (Wildman–Crippen LogP) is 2.35. The van der Waals surface area contributed by atoms with Crippen LogP contribution in [0, 0.1) is 0 Å². The third-order valence-electron chi connectivity index (χ3n) is 4.66. The van der Waals surface area contributed by atoms with Crippen molar-refractivity contribution in [2.45, 2.75) is 19.5 Å². The van der Waals surface area contributed by atoms with E-state index < -0.39 is 0 Å². The molecule has 0 aliphatic carbocycles. The first-order valence-electron chi connectivity index (χ1n) is 8.77. The van der Waals surface area contributed by atoms with E-state index in [4.69, 9.17) is 5.73 Å². The van der Waals surface area contributed by atoms with Crippen molar-refractivity contribution in [3.05, 3.63) is 65.2 Å². The van der Waals surface area contributed by atoms with Crippen LogP contribution in [0.3, 0.4) is 0 Å². The van der Waals surface area contributed by atoms with Gasteiger partial charge in [0.2, 0.25) is 0 Å². The highest BCUT2D eigenvalue weighted by Gasteiger charge is 2.20. The van der Waals surface area contributed by atoms with E-state index in [1.54, 1.807) is 0 Å².